The molecule has 1 aromatic carbocycles. The van der Waals surface area contributed by atoms with Gasteiger partial charge in [-0.05, 0) is 77.0 Å². The van der Waals surface area contributed by atoms with Gasteiger partial charge in [-0.1, -0.05) is 0 Å². The Balaban J connectivity index is 1.54. The van der Waals surface area contributed by atoms with Gasteiger partial charge < -0.3 is 18.9 Å². The largest absolute Gasteiger partial charge is 0.493 e. The molecule has 3 aliphatic heterocycles. The summed E-state index contributed by atoms with van der Waals surface area (Å²) in [5.41, 5.74) is 1.17. The van der Waals surface area contributed by atoms with Gasteiger partial charge in [0.05, 0.1) is 44.3 Å². The number of benzene rings is 1. The highest BCUT2D eigenvalue weighted by Crippen LogP contribution is 2.41. The summed E-state index contributed by atoms with van der Waals surface area (Å²) in [6.07, 6.45) is 5.58. The van der Waals surface area contributed by atoms with Crippen LogP contribution in [0.3, 0.4) is 0 Å². The molecule has 5 rings (SSSR count). The highest BCUT2D eigenvalue weighted by atomic mass is 32.2. The first-order chi connectivity index (χ1) is 17.1. The first-order valence-corrected chi connectivity index (χ1v) is 15.0. The van der Waals surface area contributed by atoms with Crippen LogP contribution in [-0.2, 0) is 19.5 Å². The molecule has 3 heterocycles. The van der Waals surface area contributed by atoms with Gasteiger partial charge in [-0.2, -0.15) is 0 Å². The molecule has 1 amide bonds. The van der Waals surface area contributed by atoms with Crippen LogP contribution < -0.4 is 14.2 Å². The minimum absolute atomic E-state index is 0.0542. The second-order valence-electron chi connectivity index (χ2n) is 10.5. The van der Waals surface area contributed by atoms with E-state index in [-0.39, 0.29) is 31.5 Å². The summed E-state index contributed by atoms with van der Waals surface area (Å²) in [5, 5.41) is 0. The number of rotatable bonds is 4. The minimum Gasteiger partial charge on any atom is -0.493 e. The van der Waals surface area contributed by atoms with E-state index < -0.39 is 28.2 Å². The zero-order valence-electron chi connectivity index (χ0n) is 21.8. The summed E-state index contributed by atoms with van der Waals surface area (Å²) in [6, 6.07) is 5.01. The Bertz CT molecular complexity index is 1010. The molecule has 1 saturated heterocycles. The molecule has 1 N–H and O–H groups in total. The normalized spacial score (nSPS) is 29.9. The molecule has 0 unspecified atom stereocenters. The van der Waals surface area contributed by atoms with Gasteiger partial charge in [0.25, 0.3) is 0 Å². The zero-order chi connectivity index (χ0) is 25.9. The van der Waals surface area contributed by atoms with Crippen LogP contribution in [0.1, 0.15) is 70.8 Å². The van der Waals surface area contributed by atoms with Crippen LogP contribution in [0, 0.1) is 0 Å². The number of nitrogens with one attached hydrogen (secondary N) is 1. The maximum Gasteiger partial charge on any atom is 0.410 e. The molecule has 4 bridgehead atoms. The monoisotopic (exact) mass is 524 g/mol. The van der Waals surface area contributed by atoms with Crippen LogP contribution in [0.2, 0.25) is 0 Å². The summed E-state index contributed by atoms with van der Waals surface area (Å²) >= 11 is 0. The lowest BCUT2D eigenvalue weighted by Crippen LogP contribution is -2.50. The van der Waals surface area contributed by atoms with Crippen LogP contribution in [-0.4, -0.2) is 75.8 Å². The summed E-state index contributed by atoms with van der Waals surface area (Å²) in [4.78, 5) is 14.7. The van der Waals surface area contributed by atoms with E-state index >= 15 is 0 Å². The van der Waals surface area contributed by atoms with Crippen LogP contribution in [0.15, 0.2) is 18.2 Å². The van der Waals surface area contributed by atoms with E-state index in [0.717, 1.165) is 43.4 Å². The Labute approximate surface area is 214 Å². The van der Waals surface area contributed by atoms with Gasteiger partial charge in [0.1, 0.15) is 11.5 Å². The maximum absolute atomic E-state index is 13.0. The molecular formula is C26H40N2O7S. The van der Waals surface area contributed by atoms with E-state index in [4.69, 9.17) is 18.9 Å². The predicted molar refractivity (Wildman–Crippen MR) is 136 cm³/mol. The van der Waals surface area contributed by atoms with E-state index in [9.17, 15) is 13.2 Å². The quantitative estimate of drug-likeness (QED) is 0.639. The van der Waals surface area contributed by atoms with E-state index in [1.807, 2.05) is 32.9 Å². The van der Waals surface area contributed by atoms with Gasteiger partial charge in [-0.25, -0.2) is 17.9 Å². The Hall–Kier alpha value is -2.04. The Kier molecular flexibility index (Phi) is 8.67. The number of ether oxygens (including phenoxy) is 4. The standard InChI is InChI=1S/C26H40N2O7S/c1-17(2)35-25-11-10-21-15-22(25)19-6-8-20(9-7-19)34-16-24-23(27-36(4,30)31)14-18(3)28(24)26(29)33-13-5-12-32-21/h10-11,15,17-20,23-24,27H,5-9,12-14,16H2,1-4H3/t18-,19?,20?,23+,24+/m1/s1. The van der Waals surface area contributed by atoms with Gasteiger partial charge in [-0.3, -0.25) is 4.90 Å². The summed E-state index contributed by atoms with van der Waals surface area (Å²) in [5.74, 6) is 2.04. The van der Waals surface area contributed by atoms with Crippen molar-refractivity contribution in [3.05, 3.63) is 23.8 Å². The van der Waals surface area contributed by atoms with Crippen molar-refractivity contribution in [2.75, 3.05) is 26.1 Å². The molecule has 4 aliphatic rings. The molecule has 0 radical (unpaired) electrons. The Morgan fingerprint density at radius 3 is 2.53 bits per heavy atom. The molecule has 1 aliphatic carbocycles. The van der Waals surface area contributed by atoms with Gasteiger partial charge in [0, 0.05) is 24.1 Å². The van der Waals surface area contributed by atoms with E-state index in [0.29, 0.717) is 25.4 Å². The van der Waals surface area contributed by atoms with Crippen molar-refractivity contribution in [1.82, 2.24) is 9.62 Å². The van der Waals surface area contributed by atoms with E-state index in [1.165, 1.54) is 5.56 Å². The second-order valence-corrected chi connectivity index (χ2v) is 12.3. The predicted octanol–water partition coefficient (Wildman–Crippen LogP) is 3.82. The lowest BCUT2D eigenvalue weighted by atomic mass is 9.82. The number of nitrogens with zero attached hydrogens (tertiary/aromatic N) is 1. The fourth-order valence-corrected chi connectivity index (χ4v) is 6.43. The van der Waals surface area contributed by atoms with Gasteiger partial charge in [0.2, 0.25) is 10.0 Å². The third-order valence-corrected chi connectivity index (χ3v) is 7.94. The molecule has 1 aromatic rings. The average molecular weight is 525 g/mol. The van der Waals surface area contributed by atoms with Crippen molar-refractivity contribution < 1.29 is 32.2 Å². The lowest BCUT2D eigenvalue weighted by Gasteiger charge is -2.33. The van der Waals surface area contributed by atoms with E-state index in [1.54, 1.807) is 4.90 Å². The van der Waals surface area contributed by atoms with Crippen molar-refractivity contribution in [3.63, 3.8) is 0 Å². The van der Waals surface area contributed by atoms with Gasteiger partial charge in [-0.15, -0.1) is 0 Å². The smallest absolute Gasteiger partial charge is 0.410 e. The molecule has 9 nitrogen and oxygen atoms in total. The maximum atomic E-state index is 13.0. The van der Waals surface area contributed by atoms with Gasteiger partial charge in [0.15, 0.2) is 0 Å². The van der Waals surface area contributed by atoms with Crippen LogP contribution in [0.4, 0.5) is 4.79 Å². The second kappa shape index (κ2) is 11.6. The van der Waals surface area contributed by atoms with Crippen LogP contribution >= 0.6 is 0 Å². The number of hydrogen-bond acceptors (Lipinski definition) is 7. The fourth-order valence-electron chi connectivity index (χ4n) is 5.63. The highest BCUT2D eigenvalue weighted by molar-refractivity contribution is 7.88. The number of carbonyl (C=O) groups is 1. The Morgan fingerprint density at radius 2 is 1.83 bits per heavy atom. The summed E-state index contributed by atoms with van der Waals surface area (Å²) in [7, 11) is -3.44. The first-order valence-electron chi connectivity index (χ1n) is 13.1. The van der Waals surface area contributed by atoms with Crippen LogP contribution in [0.25, 0.3) is 0 Å². The van der Waals surface area contributed by atoms with Crippen LogP contribution in [0.5, 0.6) is 11.5 Å². The molecular weight excluding hydrogens is 484 g/mol. The molecule has 0 spiro atoms. The van der Waals surface area contributed by atoms with Gasteiger partial charge >= 0.3 is 6.09 Å². The van der Waals surface area contributed by atoms with E-state index in [2.05, 4.69) is 10.8 Å². The van der Waals surface area contributed by atoms with Crippen molar-refractivity contribution in [3.8, 4) is 11.5 Å². The number of fused-ring (bicyclic) bond motifs is 8. The number of carbonyl (C=O) groups excluding carboxylic acids is 1. The molecule has 0 aromatic heterocycles. The van der Waals surface area contributed by atoms with Crippen molar-refractivity contribution in [1.29, 1.82) is 0 Å². The third-order valence-electron chi connectivity index (χ3n) is 7.21. The molecule has 3 atom stereocenters. The number of amides is 1. The highest BCUT2D eigenvalue weighted by Gasteiger charge is 2.44. The lowest BCUT2D eigenvalue weighted by molar-refractivity contribution is -0.0107. The van der Waals surface area contributed by atoms with Crippen molar-refractivity contribution >= 4 is 16.1 Å². The zero-order valence-corrected chi connectivity index (χ0v) is 22.6. The Morgan fingerprint density at radius 1 is 1.11 bits per heavy atom. The number of sulfonamides is 1. The first kappa shape index (κ1) is 27.0. The third kappa shape index (κ3) is 6.83. The molecule has 1 saturated carbocycles. The summed E-state index contributed by atoms with van der Waals surface area (Å²) in [6.45, 7) is 6.87. The van der Waals surface area contributed by atoms with Crippen molar-refractivity contribution in [2.24, 2.45) is 0 Å². The average Bonchev–Trinajstić information content (AvgIpc) is 3.10. The number of hydrogen-bond donors (Lipinski definition) is 1. The molecule has 10 heteroatoms. The molecule has 2 fully saturated rings. The molecule has 202 valence electrons. The minimum atomic E-state index is -3.44. The topological polar surface area (TPSA) is 103 Å². The van der Waals surface area contributed by atoms with Crippen molar-refractivity contribution in [2.45, 2.75) is 95.5 Å². The SMILES string of the molecule is CC(C)Oc1ccc2cc1C1CCC(CC1)OC[C@H]1[C@@H](NS(C)(=O)=O)C[C@@H](C)N1C(=O)OCCCO2. The summed E-state index contributed by atoms with van der Waals surface area (Å²) < 4.78 is 50.7. The molecule has 36 heavy (non-hydrogen) atoms. The fraction of sp³-hybridized carbons (Fsp3) is 0.731.